The average Bonchev–Trinajstić information content (AvgIpc) is 3.15. The van der Waals surface area contributed by atoms with E-state index in [2.05, 4.69) is 4.98 Å². The quantitative estimate of drug-likeness (QED) is 0.420. The summed E-state index contributed by atoms with van der Waals surface area (Å²) in [7, 11) is 1.41. The molecular weight excluding hydrogens is 418 g/mol. The number of benzene rings is 2. The Balaban J connectivity index is 2.03. The monoisotopic (exact) mass is 437 g/mol. The number of ether oxygens (including phenoxy) is 3. The van der Waals surface area contributed by atoms with Crippen LogP contribution < -0.4 is 15.0 Å². The second-order valence-corrected chi connectivity index (χ2v) is 6.77. The molecule has 0 spiro atoms. The van der Waals surface area contributed by atoms with E-state index in [0.29, 0.717) is 22.0 Å². The van der Waals surface area contributed by atoms with Crippen LogP contribution in [0.1, 0.15) is 17.3 Å². The van der Waals surface area contributed by atoms with E-state index in [4.69, 9.17) is 23.7 Å². The minimum Gasteiger partial charge on any atom is -0.496 e. The van der Waals surface area contributed by atoms with Crippen molar-refractivity contribution in [3.63, 3.8) is 0 Å². The lowest BCUT2D eigenvalue weighted by Gasteiger charge is -2.14. The maximum atomic E-state index is 13.0. The fourth-order valence-corrected chi connectivity index (χ4v) is 3.52. The predicted molar refractivity (Wildman–Crippen MR) is 115 cm³/mol. The first-order chi connectivity index (χ1) is 15.4. The molecule has 2 heterocycles. The highest BCUT2D eigenvalue weighted by molar-refractivity contribution is 6.12. The Morgan fingerprint density at radius 1 is 1.16 bits per heavy atom. The van der Waals surface area contributed by atoms with Crippen molar-refractivity contribution >= 4 is 34.0 Å². The SMILES string of the molecule is CCOC(=O)c1c(-c2ccc(OCC(=O)O)cc2OC)c2oc3ccccc3c2[nH]c1=O. The maximum Gasteiger partial charge on any atom is 0.344 e. The third-order valence-corrected chi connectivity index (χ3v) is 4.82. The van der Waals surface area contributed by atoms with Crippen LogP contribution in [0.3, 0.4) is 0 Å². The molecule has 2 aromatic carbocycles. The summed E-state index contributed by atoms with van der Waals surface area (Å²) < 4.78 is 21.8. The van der Waals surface area contributed by atoms with Gasteiger partial charge < -0.3 is 28.7 Å². The lowest BCUT2D eigenvalue weighted by Crippen LogP contribution is -2.21. The zero-order valence-corrected chi connectivity index (χ0v) is 17.3. The maximum absolute atomic E-state index is 13.0. The topological polar surface area (TPSA) is 128 Å². The number of para-hydroxylation sites is 1. The number of aromatic nitrogens is 1. The number of carbonyl (C=O) groups excluding carboxylic acids is 1. The molecule has 4 rings (SSSR count). The zero-order chi connectivity index (χ0) is 22.8. The molecule has 0 saturated heterocycles. The fourth-order valence-electron chi connectivity index (χ4n) is 3.52. The Labute approximate surface area is 181 Å². The number of hydrogen-bond donors (Lipinski definition) is 2. The van der Waals surface area contributed by atoms with Crippen molar-refractivity contribution in [2.24, 2.45) is 0 Å². The molecule has 0 atom stereocenters. The Bertz CT molecular complexity index is 1400. The number of carboxylic acid groups (broad SMARTS) is 1. The van der Waals surface area contributed by atoms with E-state index < -0.39 is 24.1 Å². The molecule has 164 valence electrons. The molecule has 0 fully saturated rings. The lowest BCUT2D eigenvalue weighted by atomic mass is 9.98. The molecule has 9 heteroatoms. The summed E-state index contributed by atoms with van der Waals surface area (Å²) in [5.41, 5.74) is 0.976. The third-order valence-electron chi connectivity index (χ3n) is 4.82. The molecule has 0 unspecified atom stereocenters. The number of carboxylic acids is 1. The van der Waals surface area contributed by atoms with E-state index in [0.717, 1.165) is 0 Å². The van der Waals surface area contributed by atoms with Gasteiger partial charge in [0.2, 0.25) is 0 Å². The molecule has 2 N–H and O–H groups in total. The van der Waals surface area contributed by atoms with Crippen molar-refractivity contribution in [2.75, 3.05) is 20.3 Å². The van der Waals surface area contributed by atoms with Gasteiger partial charge in [0.05, 0.1) is 24.8 Å². The van der Waals surface area contributed by atoms with Gasteiger partial charge in [-0.3, -0.25) is 4.79 Å². The van der Waals surface area contributed by atoms with Crippen LogP contribution in [-0.4, -0.2) is 42.4 Å². The Kier molecular flexibility index (Phi) is 5.55. The Morgan fingerprint density at radius 3 is 2.66 bits per heavy atom. The molecule has 2 aromatic heterocycles. The summed E-state index contributed by atoms with van der Waals surface area (Å²) in [5, 5.41) is 9.52. The van der Waals surface area contributed by atoms with E-state index in [-0.39, 0.29) is 34.8 Å². The number of fused-ring (bicyclic) bond motifs is 3. The van der Waals surface area contributed by atoms with Gasteiger partial charge in [0.15, 0.2) is 12.2 Å². The number of nitrogens with one attached hydrogen (secondary N) is 1. The molecule has 0 aliphatic rings. The smallest absolute Gasteiger partial charge is 0.344 e. The van der Waals surface area contributed by atoms with Gasteiger partial charge in [0, 0.05) is 17.0 Å². The number of methoxy groups -OCH3 is 1. The molecule has 0 aliphatic carbocycles. The van der Waals surface area contributed by atoms with Crippen LogP contribution in [0, 0.1) is 0 Å². The second kappa shape index (κ2) is 8.46. The van der Waals surface area contributed by atoms with Crippen molar-refractivity contribution in [1.82, 2.24) is 4.98 Å². The van der Waals surface area contributed by atoms with Crippen LogP contribution in [0.5, 0.6) is 11.5 Å². The average molecular weight is 437 g/mol. The van der Waals surface area contributed by atoms with Crippen LogP contribution in [0.15, 0.2) is 51.7 Å². The van der Waals surface area contributed by atoms with Crippen molar-refractivity contribution in [3.8, 4) is 22.6 Å². The number of pyridine rings is 1. The number of aromatic amines is 1. The van der Waals surface area contributed by atoms with Gasteiger partial charge in [-0.25, -0.2) is 9.59 Å². The van der Waals surface area contributed by atoms with E-state index >= 15 is 0 Å². The highest BCUT2D eigenvalue weighted by Gasteiger charge is 2.27. The summed E-state index contributed by atoms with van der Waals surface area (Å²) in [5.74, 6) is -1.43. The number of aliphatic carboxylic acids is 1. The van der Waals surface area contributed by atoms with Crippen LogP contribution in [-0.2, 0) is 9.53 Å². The molecule has 9 nitrogen and oxygen atoms in total. The molecule has 0 amide bonds. The van der Waals surface area contributed by atoms with E-state index in [9.17, 15) is 14.4 Å². The molecule has 0 aliphatic heterocycles. The summed E-state index contributed by atoms with van der Waals surface area (Å²) in [6.07, 6.45) is 0. The van der Waals surface area contributed by atoms with E-state index in [1.807, 2.05) is 6.07 Å². The number of esters is 1. The fraction of sp³-hybridized carbons (Fsp3) is 0.174. The summed E-state index contributed by atoms with van der Waals surface area (Å²) in [6, 6.07) is 11.7. The zero-order valence-electron chi connectivity index (χ0n) is 17.3. The second-order valence-electron chi connectivity index (χ2n) is 6.77. The first kappa shape index (κ1) is 21.0. The van der Waals surface area contributed by atoms with Crippen molar-refractivity contribution in [3.05, 3.63) is 58.4 Å². The number of furan rings is 1. The van der Waals surface area contributed by atoms with Gasteiger partial charge in [-0.1, -0.05) is 12.1 Å². The molecule has 0 saturated carbocycles. The Hall–Kier alpha value is -4.27. The normalized spacial score (nSPS) is 10.9. The highest BCUT2D eigenvalue weighted by Crippen LogP contribution is 2.41. The molecule has 0 radical (unpaired) electrons. The molecular formula is C23H19NO8. The first-order valence-corrected chi connectivity index (χ1v) is 9.72. The van der Waals surface area contributed by atoms with Gasteiger partial charge in [-0.2, -0.15) is 0 Å². The van der Waals surface area contributed by atoms with Gasteiger partial charge >= 0.3 is 11.9 Å². The summed E-state index contributed by atoms with van der Waals surface area (Å²) in [4.78, 5) is 39.3. The van der Waals surface area contributed by atoms with Gasteiger partial charge in [0.1, 0.15) is 22.6 Å². The van der Waals surface area contributed by atoms with Crippen LogP contribution in [0.2, 0.25) is 0 Å². The number of carbonyl (C=O) groups is 2. The van der Waals surface area contributed by atoms with E-state index in [1.54, 1.807) is 31.2 Å². The van der Waals surface area contributed by atoms with Gasteiger partial charge in [-0.05, 0) is 31.2 Å². The lowest BCUT2D eigenvalue weighted by molar-refractivity contribution is -0.139. The highest BCUT2D eigenvalue weighted by atomic mass is 16.5. The number of hydrogen-bond acceptors (Lipinski definition) is 7. The number of rotatable bonds is 7. The van der Waals surface area contributed by atoms with E-state index in [1.165, 1.54) is 19.2 Å². The van der Waals surface area contributed by atoms with Crippen molar-refractivity contribution in [2.45, 2.75) is 6.92 Å². The largest absolute Gasteiger partial charge is 0.496 e. The molecule has 0 bridgehead atoms. The predicted octanol–water partition coefficient (Wildman–Crippen LogP) is 3.59. The molecule has 4 aromatic rings. The minimum atomic E-state index is -1.13. The first-order valence-electron chi connectivity index (χ1n) is 9.72. The standard InChI is InChI=1S/C23H19NO8/c1-3-30-23(28)19-18(13-9-8-12(10-16(13)29-2)31-11-17(25)26)21-20(24-22(19)27)14-6-4-5-7-15(14)32-21/h4-10H,3,11H2,1-2H3,(H,24,27)(H,25,26). The summed E-state index contributed by atoms with van der Waals surface area (Å²) >= 11 is 0. The van der Waals surface area contributed by atoms with Crippen LogP contribution >= 0.6 is 0 Å². The van der Waals surface area contributed by atoms with Gasteiger partial charge in [0.25, 0.3) is 5.56 Å². The Morgan fingerprint density at radius 2 is 1.94 bits per heavy atom. The summed E-state index contributed by atoms with van der Waals surface area (Å²) in [6.45, 7) is 1.19. The molecule has 32 heavy (non-hydrogen) atoms. The minimum absolute atomic E-state index is 0.0784. The van der Waals surface area contributed by atoms with Crippen LogP contribution in [0.4, 0.5) is 0 Å². The van der Waals surface area contributed by atoms with Crippen molar-refractivity contribution < 1.29 is 33.3 Å². The van der Waals surface area contributed by atoms with Crippen molar-refractivity contribution in [1.29, 1.82) is 0 Å². The number of H-pyrrole nitrogens is 1. The van der Waals surface area contributed by atoms with Gasteiger partial charge in [-0.15, -0.1) is 0 Å². The van der Waals surface area contributed by atoms with Crippen LogP contribution in [0.25, 0.3) is 33.2 Å². The third kappa shape index (κ3) is 3.64.